The molecule has 1 aromatic carbocycles. The van der Waals surface area contributed by atoms with Gasteiger partial charge in [-0.1, -0.05) is 30.3 Å². The van der Waals surface area contributed by atoms with Crippen LogP contribution in [0.1, 0.15) is 24.3 Å². The van der Waals surface area contributed by atoms with Crippen molar-refractivity contribution in [3.63, 3.8) is 0 Å². The van der Waals surface area contributed by atoms with Crippen LogP contribution in [0.25, 0.3) is 0 Å². The molecule has 1 aromatic rings. The Bertz CT molecular complexity index is 306. The second-order valence-electron chi connectivity index (χ2n) is 4.48. The lowest BCUT2D eigenvalue weighted by Gasteiger charge is -1.98. The Balaban J connectivity index is 1.71. The quantitative estimate of drug-likeness (QED) is 0.728. The standard InChI is InChI=1S/C12H15N/c13-12-7-11(12)10-6-9(10)8-4-2-1-3-5-8/h1-5,9-12H,6-7,13H2/t9-,10-,11+,12+/m1/s1. The van der Waals surface area contributed by atoms with Gasteiger partial charge >= 0.3 is 0 Å². The van der Waals surface area contributed by atoms with E-state index >= 15 is 0 Å². The van der Waals surface area contributed by atoms with Crippen molar-refractivity contribution in [3.8, 4) is 0 Å². The second-order valence-corrected chi connectivity index (χ2v) is 4.48. The van der Waals surface area contributed by atoms with Crippen LogP contribution in [0.4, 0.5) is 0 Å². The first-order valence-electron chi connectivity index (χ1n) is 5.17. The van der Waals surface area contributed by atoms with Gasteiger partial charge in [-0.05, 0) is 36.2 Å². The molecule has 1 heteroatoms. The van der Waals surface area contributed by atoms with Gasteiger partial charge in [-0.15, -0.1) is 0 Å². The van der Waals surface area contributed by atoms with Crippen LogP contribution in [-0.4, -0.2) is 6.04 Å². The van der Waals surface area contributed by atoms with Crippen LogP contribution in [0.5, 0.6) is 0 Å². The number of rotatable bonds is 2. The molecule has 0 bridgehead atoms. The molecule has 1 nitrogen and oxygen atoms in total. The lowest BCUT2D eigenvalue weighted by atomic mass is 10.1. The van der Waals surface area contributed by atoms with Crippen molar-refractivity contribution in [2.75, 3.05) is 0 Å². The highest BCUT2D eigenvalue weighted by Crippen LogP contribution is 2.58. The van der Waals surface area contributed by atoms with Crippen LogP contribution < -0.4 is 5.73 Å². The van der Waals surface area contributed by atoms with Crippen LogP contribution in [0, 0.1) is 11.8 Å². The van der Waals surface area contributed by atoms with Gasteiger partial charge in [0.15, 0.2) is 0 Å². The lowest BCUT2D eigenvalue weighted by molar-refractivity contribution is 0.664. The Kier molecular flexibility index (Phi) is 1.50. The van der Waals surface area contributed by atoms with E-state index in [4.69, 9.17) is 5.73 Å². The molecule has 4 atom stereocenters. The van der Waals surface area contributed by atoms with E-state index in [0.29, 0.717) is 6.04 Å². The van der Waals surface area contributed by atoms with Gasteiger partial charge in [-0.3, -0.25) is 0 Å². The monoisotopic (exact) mass is 173 g/mol. The molecule has 0 aromatic heterocycles. The Morgan fingerprint density at radius 2 is 1.69 bits per heavy atom. The fraction of sp³-hybridized carbons (Fsp3) is 0.500. The summed E-state index contributed by atoms with van der Waals surface area (Å²) in [5.41, 5.74) is 7.37. The first kappa shape index (κ1) is 7.57. The molecule has 2 aliphatic carbocycles. The van der Waals surface area contributed by atoms with Crippen molar-refractivity contribution in [2.45, 2.75) is 24.8 Å². The Labute approximate surface area is 78.9 Å². The van der Waals surface area contributed by atoms with E-state index < -0.39 is 0 Å². The highest BCUT2D eigenvalue weighted by molar-refractivity contribution is 5.27. The zero-order valence-electron chi connectivity index (χ0n) is 7.69. The summed E-state index contributed by atoms with van der Waals surface area (Å²) in [6.07, 6.45) is 2.65. The third-order valence-corrected chi connectivity index (χ3v) is 3.51. The van der Waals surface area contributed by atoms with Crippen LogP contribution in [0.3, 0.4) is 0 Å². The Morgan fingerprint density at radius 1 is 1.00 bits per heavy atom. The number of benzene rings is 1. The van der Waals surface area contributed by atoms with Crippen molar-refractivity contribution >= 4 is 0 Å². The normalized spacial score (nSPS) is 41.6. The maximum atomic E-state index is 5.85. The molecule has 2 aliphatic rings. The molecule has 13 heavy (non-hydrogen) atoms. The highest BCUT2D eigenvalue weighted by Gasteiger charge is 2.52. The molecule has 3 rings (SSSR count). The molecule has 0 aliphatic heterocycles. The number of nitrogens with two attached hydrogens (primary N) is 1. The summed E-state index contributed by atoms with van der Waals surface area (Å²) in [4.78, 5) is 0. The smallest absolute Gasteiger partial charge is 0.00739 e. The van der Waals surface area contributed by atoms with Crippen molar-refractivity contribution in [1.82, 2.24) is 0 Å². The molecule has 2 fully saturated rings. The van der Waals surface area contributed by atoms with Crippen molar-refractivity contribution < 1.29 is 0 Å². The first-order chi connectivity index (χ1) is 6.36. The van der Waals surface area contributed by atoms with E-state index in [2.05, 4.69) is 30.3 Å². The van der Waals surface area contributed by atoms with Gasteiger partial charge in [-0.2, -0.15) is 0 Å². The van der Waals surface area contributed by atoms with Crippen molar-refractivity contribution in [1.29, 1.82) is 0 Å². The topological polar surface area (TPSA) is 26.0 Å². The molecule has 0 heterocycles. The van der Waals surface area contributed by atoms with Crippen LogP contribution in [0.2, 0.25) is 0 Å². The predicted molar refractivity (Wildman–Crippen MR) is 53.4 cm³/mol. The maximum Gasteiger partial charge on any atom is 0.00739 e. The summed E-state index contributed by atoms with van der Waals surface area (Å²) in [5.74, 6) is 2.60. The SMILES string of the molecule is N[C@H]1C[C@H]1[C@@H]1C[C@@H]1c1ccccc1. The minimum Gasteiger partial charge on any atom is -0.327 e. The lowest BCUT2D eigenvalue weighted by Crippen LogP contribution is -2.03. The molecule has 0 radical (unpaired) electrons. The Hall–Kier alpha value is -0.820. The van der Waals surface area contributed by atoms with E-state index in [1.54, 1.807) is 0 Å². The summed E-state index contributed by atoms with van der Waals surface area (Å²) < 4.78 is 0. The van der Waals surface area contributed by atoms with Gasteiger partial charge in [0.1, 0.15) is 0 Å². The van der Waals surface area contributed by atoms with Crippen molar-refractivity contribution in [2.24, 2.45) is 17.6 Å². The summed E-state index contributed by atoms with van der Waals surface area (Å²) in [6.45, 7) is 0. The largest absolute Gasteiger partial charge is 0.327 e. The summed E-state index contributed by atoms with van der Waals surface area (Å²) >= 11 is 0. The van der Waals surface area contributed by atoms with Gasteiger partial charge in [-0.25, -0.2) is 0 Å². The van der Waals surface area contributed by atoms with Gasteiger partial charge < -0.3 is 5.73 Å². The third kappa shape index (κ3) is 1.28. The third-order valence-electron chi connectivity index (χ3n) is 3.51. The average Bonchev–Trinajstić information content (AvgIpc) is 3.01. The minimum atomic E-state index is 0.527. The minimum absolute atomic E-state index is 0.527. The molecule has 68 valence electrons. The maximum absolute atomic E-state index is 5.85. The van der Waals surface area contributed by atoms with E-state index in [1.807, 2.05) is 0 Å². The number of hydrogen-bond acceptors (Lipinski definition) is 1. The summed E-state index contributed by atoms with van der Waals surface area (Å²) in [6, 6.07) is 11.4. The molecule has 0 amide bonds. The van der Waals surface area contributed by atoms with E-state index in [0.717, 1.165) is 17.8 Å². The van der Waals surface area contributed by atoms with Gasteiger partial charge in [0.05, 0.1) is 0 Å². The zero-order chi connectivity index (χ0) is 8.84. The Morgan fingerprint density at radius 3 is 2.31 bits per heavy atom. The fourth-order valence-corrected chi connectivity index (χ4v) is 2.50. The fourth-order valence-electron chi connectivity index (χ4n) is 2.50. The molecule has 0 unspecified atom stereocenters. The van der Waals surface area contributed by atoms with Crippen LogP contribution in [0.15, 0.2) is 30.3 Å². The molecule has 2 saturated carbocycles. The molecule has 0 saturated heterocycles. The average molecular weight is 173 g/mol. The predicted octanol–water partition coefficient (Wildman–Crippen LogP) is 2.14. The molecule has 2 N–H and O–H groups in total. The highest BCUT2D eigenvalue weighted by atomic mass is 14.8. The van der Waals surface area contributed by atoms with Crippen molar-refractivity contribution in [3.05, 3.63) is 35.9 Å². The van der Waals surface area contributed by atoms with E-state index in [-0.39, 0.29) is 0 Å². The van der Waals surface area contributed by atoms with Crippen LogP contribution in [-0.2, 0) is 0 Å². The second kappa shape index (κ2) is 2.58. The van der Waals surface area contributed by atoms with E-state index in [1.165, 1.54) is 18.4 Å². The molecular weight excluding hydrogens is 158 g/mol. The number of hydrogen-bond donors (Lipinski definition) is 1. The molecular formula is C12H15N. The zero-order valence-corrected chi connectivity index (χ0v) is 7.69. The van der Waals surface area contributed by atoms with Gasteiger partial charge in [0, 0.05) is 6.04 Å². The van der Waals surface area contributed by atoms with Crippen LogP contribution >= 0.6 is 0 Å². The molecule has 0 spiro atoms. The first-order valence-corrected chi connectivity index (χ1v) is 5.17. The van der Waals surface area contributed by atoms with E-state index in [9.17, 15) is 0 Å². The van der Waals surface area contributed by atoms with Gasteiger partial charge in [0.2, 0.25) is 0 Å². The summed E-state index contributed by atoms with van der Waals surface area (Å²) in [7, 11) is 0. The summed E-state index contributed by atoms with van der Waals surface area (Å²) in [5, 5.41) is 0. The van der Waals surface area contributed by atoms with Gasteiger partial charge in [0.25, 0.3) is 0 Å².